The highest BCUT2D eigenvalue weighted by molar-refractivity contribution is 6.15. The molecule has 5 aliphatic heterocycles. The maximum absolute atomic E-state index is 14.3. The van der Waals surface area contributed by atoms with Crippen molar-refractivity contribution in [3.05, 3.63) is 89.0 Å². The number of carbonyl (C=O) groups is 5. The van der Waals surface area contributed by atoms with Gasteiger partial charge >= 0.3 is 5.97 Å². The van der Waals surface area contributed by atoms with Crippen molar-refractivity contribution in [2.75, 3.05) is 55.7 Å². The molecule has 4 aromatic carbocycles. The minimum Gasteiger partial charge on any atom is -0.493 e. The molecule has 4 aromatic rings. The van der Waals surface area contributed by atoms with Crippen LogP contribution in [0.15, 0.2) is 71.7 Å². The number of rotatable bonds is 16. The number of hydrogen-bond acceptors (Lipinski definition) is 14. The molecule has 3 atom stereocenters. The Bertz CT molecular complexity index is 2630. The van der Waals surface area contributed by atoms with E-state index in [1.165, 1.54) is 14.2 Å². The number of aliphatic imine (C=N–C) groups is 1. The minimum absolute atomic E-state index is 0.0134. The summed E-state index contributed by atoms with van der Waals surface area (Å²) in [6, 6.07) is 20.2. The molecule has 4 amide bonds. The van der Waals surface area contributed by atoms with Gasteiger partial charge in [-0.15, -0.1) is 5.06 Å². The number of nitrogens with one attached hydrogen (secondary N) is 1. The van der Waals surface area contributed by atoms with Crippen LogP contribution in [0.1, 0.15) is 78.3 Å². The van der Waals surface area contributed by atoms with Crippen LogP contribution in [0.4, 0.5) is 22.7 Å². The molecule has 1 N–H and O–H groups in total. The SMILES string of the molecule is COc1cc2c(cc1OCCCOc1cc3c(cc1OC)C(=O)N1c4cc(OCC(C)OC(C)(C)CC(=O)ON5C(=O)CCC5=O)ccc4C[C@H]1CN3)N=C[C@@H]1Cc3ccccc3N1C2=O. The van der Waals surface area contributed by atoms with Crippen LogP contribution in [0.5, 0.6) is 28.7 Å². The van der Waals surface area contributed by atoms with Crippen molar-refractivity contribution in [2.45, 2.75) is 83.1 Å². The van der Waals surface area contributed by atoms with E-state index < -0.39 is 29.5 Å². The van der Waals surface area contributed by atoms with Gasteiger partial charge in [0.2, 0.25) is 0 Å². The van der Waals surface area contributed by atoms with E-state index in [9.17, 15) is 24.0 Å². The lowest BCUT2D eigenvalue weighted by Gasteiger charge is -2.29. The highest BCUT2D eigenvalue weighted by atomic mass is 16.7. The first-order valence-corrected chi connectivity index (χ1v) is 22.0. The Kier molecular flexibility index (Phi) is 12.0. The van der Waals surface area contributed by atoms with Crippen LogP contribution >= 0.6 is 0 Å². The van der Waals surface area contributed by atoms with E-state index in [4.69, 9.17) is 38.3 Å². The number of hydroxylamine groups is 2. The van der Waals surface area contributed by atoms with Crippen LogP contribution in [0.25, 0.3) is 0 Å². The van der Waals surface area contributed by atoms with Crippen LogP contribution in [0.3, 0.4) is 0 Å². The van der Waals surface area contributed by atoms with E-state index in [-0.39, 0.29) is 63.0 Å². The Morgan fingerprint density at radius 3 is 2.21 bits per heavy atom. The van der Waals surface area contributed by atoms with E-state index in [1.807, 2.05) is 48.7 Å². The van der Waals surface area contributed by atoms with Gasteiger partial charge in [0.1, 0.15) is 12.4 Å². The molecule has 9 rings (SSSR count). The summed E-state index contributed by atoms with van der Waals surface area (Å²) in [5.41, 5.74) is 4.79. The average molecular weight is 902 g/mol. The number of carbonyl (C=O) groups excluding carboxylic acids is 5. The predicted molar refractivity (Wildman–Crippen MR) is 242 cm³/mol. The molecule has 344 valence electrons. The van der Waals surface area contributed by atoms with Crippen molar-refractivity contribution in [1.82, 2.24) is 5.06 Å². The Morgan fingerprint density at radius 2 is 1.47 bits per heavy atom. The van der Waals surface area contributed by atoms with Gasteiger partial charge in [0.15, 0.2) is 23.0 Å². The number of anilines is 3. The Labute approximate surface area is 381 Å². The van der Waals surface area contributed by atoms with Gasteiger partial charge in [-0.25, -0.2) is 4.79 Å². The van der Waals surface area contributed by atoms with Crippen LogP contribution in [-0.4, -0.2) is 105 Å². The van der Waals surface area contributed by atoms with E-state index >= 15 is 0 Å². The van der Waals surface area contributed by atoms with Crippen molar-refractivity contribution < 1.29 is 57.2 Å². The van der Waals surface area contributed by atoms with Crippen LogP contribution in [0, 0.1) is 0 Å². The number of methoxy groups -OCH3 is 2. The molecule has 5 aliphatic rings. The molecular formula is C49H51N5O12. The molecule has 0 bridgehead atoms. The van der Waals surface area contributed by atoms with Gasteiger partial charge in [-0.1, -0.05) is 24.3 Å². The summed E-state index contributed by atoms with van der Waals surface area (Å²) in [6.45, 7) is 6.44. The predicted octanol–water partition coefficient (Wildman–Crippen LogP) is 6.40. The largest absolute Gasteiger partial charge is 0.493 e. The number of hydrogen-bond donors (Lipinski definition) is 1. The fourth-order valence-corrected chi connectivity index (χ4v) is 9.11. The van der Waals surface area contributed by atoms with Crippen molar-refractivity contribution in [3.63, 3.8) is 0 Å². The molecule has 0 spiro atoms. The molecule has 1 fully saturated rings. The molecule has 1 unspecified atom stereocenters. The molecule has 0 aromatic heterocycles. The minimum atomic E-state index is -0.985. The zero-order valence-corrected chi connectivity index (χ0v) is 37.4. The van der Waals surface area contributed by atoms with Gasteiger partial charge in [-0.2, -0.15) is 0 Å². The van der Waals surface area contributed by atoms with Gasteiger partial charge in [0, 0.05) is 62.3 Å². The molecule has 0 aliphatic carbocycles. The number of ether oxygens (including phenoxy) is 6. The maximum atomic E-state index is 14.3. The van der Waals surface area contributed by atoms with Crippen molar-refractivity contribution in [2.24, 2.45) is 4.99 Å². The fraction of sp³-hybridized carbons (Fsp3) is 0.388. The average Bonchev–Trinajstić information content (AvgIpc) is 3.90. The summed E-state index contributed by atoms with van der Waals surface area (Å²) in [4.78, 5) is 77.7. The third-order valence-corrected chi connectivity index (χ3v) is 12.1. The lowest BCUT2D eigenvalue weighted by Crippen LogP contribution is -2.39. The van der Waals surface area contributed by atoms with Crippen LogP contribution in [0.2, 0.25) is 0 Å². The third-order valence-electron chi connectivity index (χ3n) is 12.1. The number of imide groups is 1. The first kappa shape index (κ1) is 44.1. The van der Waals surface area contributed by atoms with Gasteiger partial charge < -0.3 is 43.5 Å². The Morgan fingerprint density at radius 1 is 0.788 bits per heavy atom. The number of fused-ring (bicyclic) bond motifs is 8. The number of nitrogens with zero attached hydrogens (tertiary/aromatic N) is 4. The molecule has 5 heterocycles. The second-order valence-corrected chi connectivity index (χ2v) is 17.4. The Hall–Kier alpha value is -7.14. The van der Waals surface area contributed by atoms with E-state index in [0.29, 0.717) is 82.1 Å². The van der Waals surface area contributed by atoms with Gasteiger partial charge in [-0.3, -0.25) is 29.1 Å². The first-order valence-electron chi connectivity index (χ1n) is 22.0. The normalized spacial score (nSPS) is 18.5. The zero-order chi connectivity index (χ0) is 46.3. The molecule has 0 saturated carbocycles. The van der Waals surface area contributed by atoms with Crippen molar-refractivity contribution in [3.8, 4) is 28.7 Å². The lowest BCUT2D eigenvalue weighted by molar-refractivity contribution is -0.202. The summed E-state index contributed by atoms with van der Waals surface area (Å²) < 4.78 is 36.0. The summed E-state index contributed by atoms with van der Waals surface area (Å²) >= 11 is 0. The molecule has 17 nitrogen and oxygen atoms in total. The molecule has 66 heavy (non-hydrogen) atoms. The third kappa shape index (κ3) is 8.69. The topological polar surface area (TPSA) is 184 Å². The zero-order valence-electron chi connectivity index (χ0n) is 37.4. The number of amides is 4. The van der Waals surface area contributed by atoms with E-state index in [1.54, 1.807) is 54.8 Å². The first-order chi connectivity index (χ1) is 31.8. The molecule has 0 radical (unpaired) electrons. The number of benzene rings is 4. The fourth-order valence-electron chi connectivity index (χ4n) is 9.11. The highest BCUT2D eigenvalue weighted by Crippen LogP contribution is 2.43. The van der Waals surface area contributed by atoms with Crippen LogP contribution < -0.4 is 38.8 Å². The smallest absolute Gasteiger partial charge is 0.336 e. The summed E-state index contributed by atoms with van der Waals surface area (Å²) in [5, 5.41) is 3.99. The van der Waals surface area contributed by atoms with E-state index in [0.717, 1.165) is 22.5 Å². The monoisotopic (exact) mass is 901 g/mol. The van der Waals surface area contributed by atoms with Gasteiger partial charge in [0.05, 0.1) is 85.8 Å². The number of para-hydroxylation sites is 1. The van der Waals surface area contributed by atoms with Crippen LogP contribution in [-0.2, 0) is 36.8 Å². The summed E-state index contributed by atoms with van der Waals surface area (Å²) in [7, 11) is 3.07. The quantitative estimate of drug-likeness (QED) is 0.0965. The molecule has 17 heteroatoms. The Balaban J connectivity index is 0.799. The van der Waals surface area contributed by atoms with Gasteiger partial charge in [-0.05, 0) is 62.6 Å². The summed E-state index contributed by atoms with van der Waals surface area (Å²) in [5.74, 6) is 0.136. The molecule has 1 saturated heterocycles. The second kappa shape index (κ2) is 18.0. The van der Waals surface area contributed by atoms with Crippen molar-refractivity contribution >= 4 is 58.6 Å². The van der Waals surface area contributed by atoms with Crippen molar-refractivity contribution in [1.29, 1.82) is 0 Å². The lowest BCUT2D eigenvalue weighted by atomic mass is 10.1. The van der Waals surface area contributed by atoms with E-state index in [2.05, 4.69) is 5.32 Å². The van der Waals surface area contributed by atoms with Gasteiger partial charge in [0.25, 0.3) is 23.6 Å². The highest BCUT2D eigenvalue weighted by Gasteiger charge is 2.40. The molecular weight excluding hydrogens is 851 g/mol. The summed E-state index contributed by atoms with van der Waals surface area (Å²) in [6.07, 6.45) is 3.04. The standard InChI is InChI=1S/C49H51N5O12/c1-28(65-49(2,3)24-46(57)66-54-44(55)13-14-45(54)56)27-64-33-12-11-30-18-32-26-51-37-23-43(41(61-5)21-35(37)48(59)53(32)39(30)19-33)63-16-8-15-62-42-22-36-34(20-40(42)60-4)47(58)52-31(25-50-36)17-29-9-6-7-10-38(29)52/h6-7,9-12,19-23,25,28,31-32,51H,8,13-18,24,26-27H2,1-5H3/t28?,31-,32-/m0/s1. The second-order valence-electron chi connectivity index (χ2n) is 17.4. The maximum Gasteiger partial charge on any atom is 0.336 e.